The molecule has 13 heavy (non-hydrogen) atoms. The predicted octanol–water partition coefficient (Wildman–Crippen LogP) is 0.315. The van der Waals surface area contributed by atoms with Crippen molar-refractivity contribution >= 4 is 11.5 Å². The van der Waals surface area contributed by atoms with E-state index in [4.69, 9.17) is 16.1 Å². The molecule has 0 aromatic heterocycles. The first-order valence-corrected chi connectivity index (χ1v) is 3.62. The number of hydrogen-bond acceptors (Lipinski definition) is 4. The Hall–Kier alpha value is -1.86. The molecule has 0 fully saturated rings. The maximum absolute atomic E-state index is 11.0. The molecule has 0 aliphatic rings. The van der Waals surface area contributed by atoms with Crippen LogP contribution in [0.1, 0.15) is 15.9 Å². The van der Waals surface area contributed by atoms with E-state index in [9.17, 15) is 4.79 Å². The molecular formula is C9H8N2O2. The minimum Gasteiger partial charge on any atom is -0.399 e. The zero-order valence-electron chi connectivity index (χ0n) is 6.82. The first-order valence-electron chi connectivity index (χ1n) is 3.62. The summed E-state index contributed by atoms with van der Waals surface area (Å²) in [6, 6.07) is 6.17. The Labute approximate surface area is 75.2 Å². The lowest BCUT2D eigenvalue weighted by Crippen LogP contribution is -2.05. The summed E-state index contributed by atoms with van der Waals surface area (Å²) in [5.74, 6) is -0.441. The van der Waals surface area contributed by atoms with Gasteiger partial charge in [0.25, 0.3) is 0 Å². The molecule has 0 amide bonds. The highest BCUT2D eigenvalue weighted by atomic mass is 16.3. The van der Waals surface area contributed by atoms with Gasteiger partial charge < -0.3 is 10.8 Å². The monoisotopic (exact) mass is 176 g/mol. The lowest BCUT2D eigenvalue weighted by Gasteiger charge is -1.99. The van der Waals surface area contributed by atoms with Crippen molar-refractivity contribution in [3.05, 3.63) is 29.3 Å². The highest BCUT2D eigenvalue weighted by molar-refractivity contribution is 5.98. The van der Waals surface area contributed by atoms with Crippen molar-refractivity contribution in [3.8, 4) is 6.07 Å². The molecule has 0 spiro atoms. The maximum atomic E-state index is 11.0. The summed E-state index contributed by atoms with van der Waals surface area (Å²) in [5, 5.41) is 17.1. The largest absolute Gasteiger partial charge is 0.399 e. The second-order valence-corrected chi connectivity index (χ2v) is 2.54. The number of aliphatic hydroxyl groups is 1. The quantitative estimate of drug-likeness (QED) is 0.501. The van der Waals surface area contributed by atoms with Crippen LogP contribution in [0, 0.1) is 11.3 Å². The first kappa shape index (κ1) is 9.23. The van der Waals surface area contributed by atoms with Crippen LogP contribution in [0.25, 0.3) is 0 Å². The Kier molecular flexibility index (Phi) is 2.62. The van der Waals surface area contributed by atoms with E-state index in [-0.39, 0.29) is 5.56 Å². The van der Waals surface area contributed by atoms with Crippen LogP contribution < -0.4 is 5.73 Å². The molecule has 1 rings (SSSR count). The van der Waals surface area contributed by atoms with Gasteiger partial charge >= 0.3 is 0 Å². The third-order valence-corrected chi connectivity index (χ3v) is 1.55. The fourth-order valence-electron chi connectivity index (χ4n) is 0.968. The summed E-state index contributed by atoms with van der Waals surface area (Å²) in [4.78, 5) is 11.0. The van der Waals surface area contributed by atoms with Gasteiger partial charge in [0.15, 0.2) is 5.78 Å². The van der Waals surface area contributed by atoms with Gasteiger partial charge in [0, 0.05) is 11.3 Å². The number of carbonyl (C=O) groups is 1. The molecular weight excluding hydrogens is 168 g/mol. The van der Waals surface area contributed by atoms with E-state index < -0.39 is 12.4 Å². The number of nitrogens with two attached hydrogens (primary N) is 1. The van der Waals surface area contributed by atoms with Crippen molar-refractivity contribution in [1.29, 1.82) is 5.26 Å². The number of anilines is 1. The third-order valence-electron chi connectivity index (χ3n) is 1.55. The summed E-state index contributed by atoms with van der Waals surface area (Å²) in [5.41, 5.74) is 6.37. The lowest BCUT2D eigenvalue weighted by molar-refractivity contribution is 0.0904. The van der Waals surface area contributed by atoms with E-state index in [1.165, 1.54) is 18.2 Å². The van der Waals surface area contributed by atoms with Crippen LogP contribution in [0.5, 0.6) is 0 Å². The van der Waals surface area contributed by atoms with Crippen LogP contribution in [0.15, 0.2) is 18.2 Å². The molecule has 0 atom stereocenters. The van der Waals surface area contributed by atoms with Crippen LogP contribution in [0.2, 0.25) is 0 Å². The van der Waals surface area contributed by atoms with Gasteiger partial charge in [-0.05, 0) is 18.2 Å². The number of nitriles is 1. The predicted molar refractivity (Wildman–Crippen MR) is 47.0 cm³/mol. The van der Waals surface area contributed by atoms with Crippen LogP contribution in [0.3, 0.4) is 0 Å². The number of hydrogen-bond donors (Lipinski definition) is 2. The van der Waals surface area contributed by atoms with Crippen LogP contribution in [0.4, 0.5) is 5.69 Å². The SMILES string of the molecule is N#Cc1cc(N)cc(C(=O)CO)c1. The number of aliphatic hydroxyl groups excluding tert-OH is 1. The lowest BCUT2D eigenvalue weighted by atomic mass is 10.1. The summed E-state index contributed by atoms with van der Waals surface area (Å²) in [7, 11) is 0. The minimum absolute atomic E-state index is 0.263. The zero-order chi connectivity index (χ0) is 9.84. The highest BCUT2D eigenvalue weighted by Crippen LogP contribution is 2.11. The molecule has 4 heteroatoms. The fourth-order valence-corrected chi connectivity index (χ4v) is 0.968. The summed E-state index contributed by atoms with van der Waals surface area (Å²) in [6.07, 6.45) is 0. The fraction of sp³-hybridized carbons (Fsp3) is 0.111. The van der Waals surface area contributed by atoms with Gasteiger partial charge in [0.2, 0.25) is 0 Å². The molecule has 0 bridgehead atoms. The Balaban J connectivity index is 3.17. The summed E-state index contributed by atoms with van der Waals surface area (Å²) >= 11 is 0. The summed E-state index contributed by atoms with van der Waals surface area (Å²) in [6.45, 7) is -0.575. The Morgan fingerprint density at radius 1 is 1.54 bits per heavy atom. The molecule has 0 saturated carbocycles. The Morgan fingerprint density at radius 2 is 2.23 bits per heavy atom. The van der Waals surface area contributed by atoms with E-state index in [0.29, 0.717) is 11.3 Å². The van der Waals surface area contributed by atoms with Crippen molar-refractivity contribution < 1.29 is 9.90 Å². The number of benzene rings is 1. The van der Waals surface area contributed by atoms with Crippen molar-refractivity contribution in [1.82, 2.24) is 0 Å². The highest BCUT2D eigenvalue weighted by Gasteiger charge is 2.05. The molecule has 0 aliphatic heterocycles. The van der Waals surface area contributed by atoms with E-state index in [1.807, 2.05) is 6.07 Å². The molecule has 1 aromatic carbocycles. The van der Waals surface area contributed by atoms with Crippen molar-refractivity contribution in [2.75, 3.05) is 12.3 Å². The van der Waals surface area contributed by atoms with Crippen molar-refractivity contribution in [2.45, 2.75) is 0 Å². The first-order chi connectivity index (χ1) is 6.17. The second kappa shape index (κ2) is 3.70. The average Bonchev–Trinajstić information content (AvgIpc) is 2.15. The van der Waals surface area contributed by atoms with Crippen LogP contribution in [-0.4, -0.2) is 17.5 Å². The molecule has 0 radical (unpaired) electrons. The molecule has 0 saturated heterocycles. The number of Topliss-reactive ketones (excluding diaryl/α,β-unsaturated/α-hetero) is 1. The van der Waals surface area contributed by atoms with Gasteiger partial charge in [-0.1, -0.05) is 0 Å². The van der Waals surface area contributed by atoms with Crippen molar-refractivity contribution in [2.24, 2.45) is 0 Å². The van der Waals surface area contributed by atoms with E-state index in [0.717, 1.165) is 0 Å². The van der Waals surface area contributed by atoms with Gasteiger partial charge in [-0.3, -0.25) is 4.79 Å². The Bertz CT molecular complexity index is 380. The van der Waals surface area contributed by atoms with Gasteiger partial charge in [0.1, 0.15) is 6.61 Å². The number of ketones is 1. The van der Waals surface area contributed by atoms with Gasteiger partial charge in [-0.2, -0.15) is 5.26 Å². The van der Waals surface area contributed by atoms with Crippen LogP contribution >= 0.6 is 0 Å². The van der Waals surface area contributed by atoms with E-state index in [2.05, 4.69) is 0 Å². The number of rotatable bonds is 2. The van der Waals surface area contributed by atoms with Gasteiger partial charge in [0.05, 0.1) is 11.6 Å². The molecule has 1 aromatic rings. The molecule has 66 valence electrons. The molecule has 0 aliphatic carbocycles. The molecule has 0 heterocycles. The standard InChI is InChI=1S/C9H8N2O2/c10-4-6-1-7(9(13)5-12)3-8(11)2-6/h1-3,12H,5,11H2. The molecule has 4 nitrogen and oxygen atoms in total. The Morgan fingerprint density at radius 3 is 2.77 bits per heavy atom. The number of carbonyl (C=O) groups excluding carboxylic acids is 1. The van der Waals surface area contributed by atoms with Gasteiger partial charge in [-0.25, -0.2) is 0 Å². The smallest absolute Gasteiger partial charge is 0.188 e. The van der Waals surface area contributed by atoms with E-state index >= 15 is 0 Å². The minimum atomic E-state index is -0.575. The molecule has 0 unspecified atom stereocenters. The van der Waals surface area contributed by atoms with Crippen LogP contribution in [-0.2, 0) is 0 Å². The topological polar surface area (TPSA) is 87.1 Å². The van der Waals surface area contributed by atoms with Crippen molar-refractivity contribution in [3.63, 3.8) is 0 Å². The number of nitrogen functional groups attached to an aromatic ring is 1. The van der Waals surface area contributed by atoms with Gasteiger partial charge in [-0.15, -0.1) is 0 Å². The summed E-state index contributed by atoms with van der Waals surface area (Å²) < 4.78 is 0. The van der Waals surface area contributed by atoms with E-state index in [1.54, 1.807) is 0 Å². The molecule has 3 N–H and O–H groups in total. The number of nitrogens with zero attached hydrogens (tertiary/aromatic N) is 1. The third kappa shape index (κ3) is 2.04. The maximum Gasteiger partial charge on any atom is 0.188 e. The second-order valence-electron chi connectivity index (χ2n) is 2.54. The zero-order valence-corrected chi connectivity index (χ0v) is 6.82. The average molecular weight is 176 g/mol. The normalized spacial score (nSPS) is 9.23.